The quantitative estimate of drug-likeness (QED) is 0.0630. The van der Waals surface area contributed by atoms with Gasteiger partial charge in [0.2, 0.25) is 0 Å². The molecule has 2 aromatic carbocycles. The summed E-state index contributed by atoms with van der Waals surface area (Å²) in [6.07, 6.45) is 3.91. The van der Waals surface area contributed by atoms with Gasteiger partial charge >= 0.3 is 25.5 Å². The van der Waals surface area contributed by atoms with Gasteiger partial charge in [0.25, 0.3) is 0 Å². The van der Waals surface area contributed by atoms with E-state index in [0.717, 1.165) is 13.0 Å². The number of carboxylic acid groups (broad SMARTS) is 1. The molecule has 0 heterocycles. The average Bonchev–Trinajstić information content (AvgIpc) is 2.99. The molecule has 0 aliphatic rings. The number of benzene rings is 2. The Labute approximate surface area is 258 Å². The smallest absolute Gasteiger partial charge is 0.381 e. The van der Waals surface area contributed by atoms with Crippen LogP contribution in [0.2, 0.25) is 0 Å². The van der Waals surface area contributed by atoms with Crippen LogP contribution in [0.1, 0.15) is 68.2 Å². The standard InChI is InChI=1S/C14H22NO5P.C13H12O6.C4H8/c1-4-18-14(16)12(2)19-21(17,11-10-15-3)20-13-8-6-5-7-9-13;1-8(15)19-12-5-4-9(7-10(12)13(17)18)11(16)3-2-6-14;1-3-4-2/h5-9,12,15H,4,10-11H2,1-3H3;4-7H,2-3H2,1H3,(H,17,18);3-4H,1-2H3/b;;4-3-/t12-,21?;;/m1../s1. The number of carboxylic acids is 1. The number of allylic oxidation sites excluding steroid dienone is 2. The van der Waals surface area contributed by atoms with Crippen molar-refractivity contribution < 1.29 is 52.2 Å². The number of aldehydes is 1. The zero-order valence-electron chi connectivity index (χ0n) is 25.9. The first-order valence-corrected chi connectivity index (χ1v) is 15.5. The number of hydrogen-bond donors (Lipinski definition) is 2. The molecule has 12 nitrogen and oxygen atoms in total. The van der Waals surface area contributed by atoms with Crippen molar-refractivity contribution >= 4 is 37.6 Å². The van der Waals surface area contributed by atoms with Gasteiger partial charge in [-0.25, -0.2) is 14.2 Å². The number of rotatable bonds is 15. The van der Waals surface area contributed by atoms with Crippen LogP contribution < -0.4 is 14.6 Å². The van der Waals surface area contributed by atoms with E-state index in [1.165, 1.54) is 19.1 Å². The van der Waals surface area contributed by atoms with E-state index in [4.69, 9.17) is 23.6 Å². The fourth-order valence-electron chi connectivity index (χ4n) is 3.00. The molecule has 2 rings (SSSR count). The lowest BCUT2D eigenvalue weighted by molar-refractivity contribution is -0.150. The summed E-state index contributed by atoms with van der Waals surface area (Å²) >= 11 is 0. The summed E-state index contributed by atoms with van der Waals surface area (Å²) < 4.78 is 33.2. The van der Waals surface area contributed by atoms with E-state index < -0.39 is 31.6 Å². The first kappa shape index (κ1) is 39.9. The van der Waals surface area contributed by atoms with Crippen molar-refractivity contribution in [2.75, 3.05) is 26.4 Å². The molecule has 13 heteroatoms. The van der Waals surface area contributed by atoms with Gasteiger partial charge in [0.05, 0.1) is 12.8 Å². The summed E-state index contributed by atoms with van der Waals surface area (Å²) in [5.41, 5.74) is -0.109. The van der Waals surface area contributed by atoms with E-state index in [0.29, 0.717) is 18.6 Å². The third kappa shape index (κ3) is 16.5. The first-order chi connectivity index (χ1) is 20.9. The lowest BCUT2D eigenvalue weighted by Crippen LogP contribution is -2.25. The van der Waals surface area contributed by atoms with Gasteiger partial charge < -0.3 is 29.2 Å². The number of carbonyl (C=O) groups excluding carboxylic acids is 4. The van der Waals surface area contributed by atoms with Crippen molar-refractivity contribution in [3.63, 3.8) is 0 Å². The summed E-state index contributed by atoms with van der Waals surface area (Å²) in [5.74, 6) is -2.54. The minimum absolute atomic E-state index is 0.00940. The van der Waals surface area contributed by atoms with Gasteiger partial charge in [0, 0.05) is 31.9 Å². The van der Waals surface area contributed by atoms with Crippen LogP contribution in [0, 0.1) is 0 Å². The third-order valence-electron chi connectivity index (χ3n) is 5.17. The highest BCUT2D eigenvalue weighted by molar-refractivity contribution is 7.54. The number of Topliss-reactive ketones (excluding diaryl/α,β-unsaturated/α-hetero) is 1. The Kier molecular flexibility index (Phi) is 20.3. The molecule has 0 aliphatic carbocycles. The van der Waals surface area contributed by atoms with E-state index in [9.17, 15) is 28.5 Å². The number of aromatic carboxylic acids is 1. The topological polar surface area (TPSA) is 172 Å². The Balaban J connectivity index is 0.000000752. The second kappa shape index (κ2) is 22.4. The maximum absolute atomic E-state index is 12.8. The minimum atomic E-state index is -3.45. The molecule has 1 unspecified atom stereocenters. The molecular formula is C31H42NO11P. The van der Waals surface area contributed by atoms with Gasteiger partial charge in [0.1, 0.15) is 23.3 Å². The summed E-state index contributed by atoms with van der Waals surface area (Å²) in [5, 5.41) is 11.9. The van der Waals surface area contributed by atoms with Crippen LogP contribution in [-0.2, 0) is 28.2 Å². The Morgan fingerprint density at radius 3 is 2.18 bits per heavy atom. The van der Waals surface area contributed by atoms with Crippen LogP contribution in [0.15, 0.2) is 60.7 Å². The fourth-order valence-corrected chi connectivity index (χ4v) is 4.75. The van der Waals surface area contributed by atoms with Crippen LogP contribution in [0.25, 0.3) is 0 Å². The lowest BCUT2D eigenvalue weighted by atomic mass is 10.0. The Morgan fingerprint density at radius 2 is 1.68 bits per heavy atom. The number of nitrogens with one attached hydrogen (secondary N) is 1. The fraction of sp³-hybridized carbons (Fsp3) is 0.387. The predicted molar refractivity (Wildman–Crippen MR) is 165 cm³/mol. The molecule has 2 aromatic rings. The Bertz CT molecular complexity index is 1270. The molecule has 0 aromatic heterocycles. The zero-order chi connectivity index (χ0) is 33.5. The van der Waals surface area contributed by atoms with Crippen molar-refractivity contribution in [2.24, 2.45) is 0 Å². The van der Waals surface area contributed by atoms with E-state index in [2.05, 4.69) is 5.32 Å². The molecule has 0 saturated heterocycles. The largest absolute Gasteiger partial charge is 0.478 e. The SMILES string of the molecule is C/C=C\C.CC(=O)Oc1ccc(C(=O)CCC=O)cc1C(=O)O.CCOC(=O)[C@@H](C)OP(=O)(CCNC)Oc1ccccc1. The molecule has 2 N–H and O–H groups in total. The highest BCUT2D eigenvalue weighted by Crippen LogP contribution is 2.49. The molecule has 0 bridgehead atoms. The van der Waals surface area contributed by atoms with Gasteiger partial charge in [-0.05, 0) is 65.1 Å². The van der Waals surface area contributed by atoms with Crippen LogP contribution >= 0.6 is 7.60 Å². The highest BCUT2D eigenvalue weighted by Gasteiger charge is 2.31. The molecule has 44 heavy (non-hydrogen) atoms. The van der Waals surface area contributed by atoms with Crippen molar-refractivity contribution in [3.8, 4) is 11.5 Å². The Hall–Kier alpha value is -4.12. The van der Waals surface area contributed by atoms with E-state index in [-0.39, 0.29) is 48.3 Å². The number of esters is 2. The van der Waals surface area contributed by atoms with Crippen LogP contribution in [0.4, 0.5) is 0 Å². The second-order valence-corrected chi connectivity index (χ2v) is 10.8. The second-order valence-electron chi connectivity index (χ2n) is 8.75. The van der Waals surface area contributed by atoms with Crippen LogP contribution in [0.5, 0.6) is 11.5 Å². The van der Waals surface area contributed by atoms with E-state index >= 15 is 0 Å². The molecular weight excluding hydrogens is 593 g/mol. The molecule has 0 saturated carbocycles. The number of carbonyl (C=O) groups is 5. The molecule has 0 aliphatic heterocycles. The normalized spacial score (nSPS) is 12.2. The van der Waals surface area contributed by atoms with Crippen molar-refractivity contribution in [1.82, 2.24) is 5.32 Å². The maximum atomic E-state index is 12.8. The van der Waals surface area contributed by atoms with Crippen molar-refractivity contribution in [1.29, 1.82) is 0 Å². The molecule has 0 fully saturated rings. The average molecular weight is 636 g/mol. The molecule has 0 radical (unpaired) electrons. The van der Waals surface area contributed by atoms with E-state index in [1.807, 2.05) is 32.1 Å². The molecule has 242 valence electrons. The Morgan fingerprint density at radius 1 is 1.05 bits per heavy atom. The van der Waals surface area contributed by atoms with Gasteiger partial charge in [0.15, 0.2) is 11.9 Å². The number of para-hydroxylation sites is 1. The van der Waals surface area contributed by atoms with E-state index in [1.54, 1.807) is 38.2 Å². The summed E-state index contributed by atoms with van der Waals surface area (Å²) in [7, 11) is -1.72. The van der Waals surface area contributed by atoms with Gasteiger partial charge in [-0.3, -0.25) is 14.1 Å². The summed E-state index contributed by atoms with van der Waals surface area (Å²) in [6, 6.07) is 12.5. The number of ether oxygens (including phenoxy) is 2. The minimum Gasteiger partial charge on any atom is -0.478 e. The lowest BCUT2D eigenvalue weighted by Gasteiger charge is -2.22. The first-order valence-electron chi connectivity index (χ1n) is 13.8. The monoisotopic (exact) mass is 635 g/mol. The number of hydrogen-bond acceptors (Lipinski definition) is 11. The number of ketones is 1. The molecule has 0 spiro atoms. The van der Waals surface area contributed by atoms with Gasteiger partial charge in [-0.1, -0.05) is 30.4 Å². The predicted octanol–water partition coefficient (Wildman–Crippen LogP) is 5.50. The summed E-state index contributed by atoms with van der Waals surface area (Å²) in [6.45, 7) is 9.03. The highest BCUT2D eigenvalue weighted by atomic mass is 31.2. The zero-order valence-corrected chi connectivity index (χ0v) is 26.8. The van der Waals surface area contributed by atoms with Crippen molar-refractivity contribution in [3.05, 3.63) is 71.8 Å². The van der Waals surface area contributed by atoms with Gasteiger partial charge in [-0.15, -0.1) is 0 Å². The summed E-state index contributed by atoms with van der Waals surface area (Å²) in [4.78, 5) is 55.3. The van der Waals surface area contributed by atoms with Gasteiger partial charge in [-0.2, -0.15) is 0 Å². The van der Waals surface area contributed by atoms with Crippen LogP contribution in [-0.4, -0.2) is 67.5 Å². The van der Waals surface area contributed by atoms with Crippen molar-refractivity contribution in [2.45, 2.75) is 53.6 Å². The third-order valence-corrected chi connectivity index (χ3v) is 7.07. The molecule has 2 atom stereocenters. The maximum Gasteiger partial charge on any atom is 0.381 e. The molecule has 0 amide bonds. The van der Waals surface area contributed by atoms with Crippen LogP contribution in [0.3, 0.4) is 0 Å².